The van der Waals surface area contributed by atoms with E-state index in [9.17, 15) is 4.79 Å². The first kappa shape index (κ1) is 13.5. The van der Waals surface area contributed by atoms with Gasteiger partial charge in [-0.2, -0.15) is 0 Å². The molecule has 0 bridgehead atoms. The lowest BCUT2D eigenvalue weighted by atomic mass is 9.97. The summed E-state index contributed by atoms with van der Waals surface area (Å²) in [4.78, 5) is 12.5. The maximum atomic E-state index is 12.5. The van der Waals surface area contributed by atoms with E-state index in [1.54, 1.807) is 0 Å². The third kappa shape index (κ3) is 2.86. The van der Waals surface area contributed by atoms with E-state index in [1.165, 1.54) is 0 Å². The highest BCUT2D eigenvalue weighted by molar-refractivity contribution is 6.01. The molecule has 3 aromatic carbocycles. The van der Waals surface area contributed by atoms with E-state index < -0.39 is 0 Å². The van der Waals surface area contributed by atoms with Gasteiger partial charge in [0.2, 0.25) is 0 Å². The van der Waals surface area contributed by atoms with Gasteiger partial charge in [-0.05, 0) is 28.0 Å². The van der Waals surface area contributed by atoms with E-state index in [2.05, 4.69) is 0 Å². The van der Waals surface area contributed by atoms with E-state index in [0.29, 0.717) is 13.0 Å². The van der Waals surface area contributed by atoms with Crippen molar-refractivity contribution < 1.29 is 4.79 Å². The molecule has 2 N–H and O–H groups in total. The molecule has 21 heavy (non-hydrogen) atoms. The lowest BCUT2D eigenvalue weighted by Gasteiger charge is -2.07. The van der Waals surface area contributed by atoms with Gasteiger partial charge in [0.1, 0.15) is 0 Å². The van der Waals surface area contributed by atoms with Crippen LogP contribution in [-0.4, -0.2) is 5.78 Å². The summed E-state index contributed by atoms with van der Waals surface area (Å²) in [7, 11) is 0. The van der Waals surface area contributed by atoms with Crippen LogP contribution in [0.3, 0.4) is 0 Å². The molecule has 0 aliphatic rings. The predicted molar refractivity (Wildman–Crippen MR) is 86.3 cm³/mol. The Kier molecular flexibility index (Phi) is 3.80. The van der Waals surface area contributed by atoms with Crippen LogP contribution in [0.1, 0.15) is 21.5 Å². The monoisotopic (exact) mass is 275 g/mol. The lowest BCUT2D eigenvalue weighted by Crippen LogP contribution is -2.08. The van der Waals surface area contributed by atoms with Crippen LogP contribution in [0.5, 0.6) is 0 Å². The summed E-state index contributed by atoms with van der Waals surface area (Å²) in [6.45, 7) is 0.459. The summed E-state index contributed by atoms with van der Waals surface area (Å²) in [5.74, 6) is 0.127. The molecule has 0 heterocycles. The second kappa shape index (κ2) is 5.90. The van der Waals surface area contributed by atoms with Crippen molar-refractivity contribution >= 4 is 16.6 Å². The molecule has 0 saturated carbocycles. The van der Waals surface area contributed by atoms with Crippen LogP contribution in [0.25, 0.3) is 10.8 Å². The summed E-state index contributed by atoms with van der Waals surface area (Å²) in [6.07, 6.45) is 0.395. The third-order valence-corrected chi connectivity index (χ3v) is 3.76. The van der Waals surface area contributed by atoms with Gasteiger partial charge in [0.05, 0.1) is 0 Å². The molecule has 104 valence electrons. The first-order valence-corrected chi connectivity index (χ1v) is 7.07. The van der Waals surface area contributed by atoms with Gasteiger partial charge in [-0.25, -0.2) is 0 Å². The molecule has 0 atom stereocenters. The van der Waals surface area contributed by atoms with Gasteiger partial charge in [-0.15, -0.1) is 0 Å². The van der Waals surface area contributed by atoms with Gasteiger partial charge in [0.15, 0.2) is 5.78 Å². The molecule has 2 heteroatoms. The second-order valence-corrected chi connectivity index (χ2v) is 5.13. The molecule has 0 saturated heterocycles. The molecule has 0 amide bonds. The van der Waals surface area contributed by atoms with Gasteiger partial charge >= 0.3 is 0 Å². The quantitative estimate of drug-likeness (QED) is 0.737. The van der Waals surface area contributed by atoms with Crippen LogP contribution in [0, 0.1) is 0 Å². The summed E-state index contributed by atoms with van der Waals surface area (Å²) in [6, 6.07) is 21.8. The maximum Gasteiger partial charge on any atom is 0.167 e. The molecule has 2 nitrogen and oxygen atoms in total. The Labute approximate surface area is 124 Å². The Morgan fingerprint density at radius 3 is 2.24 bits per heavy atom. The van der Waals surface area contributed by atoms with Crippen LogP contribution in [-0.2, 0) is 13.0 Å². The van der Waals surface area contributed by atoms with E-state index >= 15 is 0 Å². The largest absolute Gasteiger partial charge is 0.326 e. The fourth-order valence-corrected chi connectivity index (χ4v) is 2.57. The molecular weight excluding hydrogens is 258 g/mol. The first-order valence-electron chi connectivity index (χ1n) is 7.07. The zero-order chi connectivity index (χ0) is 14.7. The van der Waals surface area contributed by atoms with Crippen LogP contribution >= 0.6 is 0 Å². The van der Waals surface area contributed by atoms with Crippen molar-refractivity contribution in [3.63, 3.8) is 0 Å². The number of carbonyl (C=O) groups excluding carboxylic acids is 1. The Hall–Kier alpha value is -2.45. The minimum Gasteiger partial charge on any atom is -0.326 e. The lowest BCUT2D eigenvalue weighted by molar-refractivity contribution is 0.0993. The first-order chi connectivity index (χ1) is 10.3. The zero-order valence-corrected chi connectivity index (χ0v) is 11.8. The fourth-order valence-electron chi connectivity index (χ4n) is 2.57. The van der Waals surface area contributed by atoms with Gasteiger partial charge in [0.25, 0.3) is 0 Å². The zero-order valence-electron chi connectivity index (χ0n) is 11.8. The minimum atomic E-state index is 0.127. The summed E-state index contributed by atoms with van der Waals surface area (Å²) in [5.41, 5.74) is 8.52. The highest BCUT2D eigenvalue weighted by Crippen LogP contribution is 2.18. The highest BCUT2D eigenvalue weighted by atomic mass is 16.1. The van der Waals surface area contributed by atoms with Crippen LogP contribution < -0.4 is 5.73 Å². The van der Waals surface area contributed by atoms with Crippen molar-refractivity contribution in [2.24, 2.45) is 5.73 Å². The standard InChI is InChI=1S/C19H17NO/c20-13-18-8-4-3-7-16(18)12-19(21)17-10-9-14-5-1-2-6-15(14)11-17/h1-11H,12-13,20H2. The Balaban J connectivity index is 1.90. The van der Waals surface area contributed by atoms with Gasteiger partial charge in [-0.1, -0.05) is 60.7 Å². The number of nitrogens with two attached hydrogens (primary N) is 1. The van der Waals surface area contributed by atoms with Gasteiger partial charge in [0, 0.05) is 18.5 Å². The average Bonchev–Trinajstić information content (AvgIpc) is 2.55. The Morgan fingerprint density at radius 2 is 1.48 bits per heavy atom. The van der Waals surface area contributed by atoms with Crippen molar-refractivity contribution in [1.82, 2.24) is 0 Å². The van der Waals surface area contributed by atoms with E-state index in [0.717, 1.165) is 27.5 Å². The molecule has 3 aromatic rings. The number of carbonyl (C=O) groups is 1. The molecule has 3 rings (SSSR count). The Bertz CT molecular complexity index is 792. The van der Waals surface area contributed by atoms with Crippen molar-refractivity contribution in [3.05, 3.63) is 83.4 Å². The molecule has 0 aromatic heterocycles. The number of rotatable bonds is 4. The van der Waals surface area contributed by atoms with E-state index in [1.807, 2.05) is 66.7 Å². The summed E-state index contributed by atoms with van der Waals surface area (Å²) >= 11 is 0. The topological polar surface area (TPSA) is 43.1 Å². The molecule has 0 spiro atoms. The summed E-state index contributed by atoms with van der Waals surface area (Å²) < 4.78 is 0. The highest BCUT2D eigenvalue weighted by Gasteiger charge is 2.10. The van der Waals surface area contributed by atoms with Crippen LogP contribution in [0.4, 0.5) is 0 Å². The number of hydrogen-bond acceptors (Lipinski definition) is 2. The number of Topliss-reactive ketones (excluding diaryl/α,β-unsaturated/α-hetero) is 1. The predicted octanol–water partition coefficient (Wildman–Crippen LogP) is 3.72. The van der Waals surface area contributed by atoms with Crippen molar-refractivity contribution in [3.8, 4) is 0 Å². The van der Waals surface area contributed by atoms with Gasteiger partial charge in [-0.3, -0.25) is 4.79 Å². The third-order valence-electron chi connectivity index (χ3n) is 3.76. The fraction of sp³-hybridized carbons (Fsp3) is 0.105. The number of ketones is 1. The molecule has 0 aliphatic heterocycles. The number of fused-ring (bicyclic) bond motifs is 1. The van der Waals surface area contributed by atoms with Crippen LogP contribution in [0.2, 0.25) is 0 Å². The summed E-state index contributed by atoms with van der Waals surface area (Å²) in [5, 5.41) is 2.24. The molecule has 0 unspecified atom stereocenters. The number of benzene rings is 3. The van der Waals surface area contributed by atoms with Gasteiger partial charge < -0.3 is 5.73 Å². The minimum absolute atomic E-state index is 0.127. The number of hydrogen-bond donors (Lipinski definition) is 1. The average molecular weight is 275 g/mol. The van der Waals surface area contributed by atoms with E-state index in [4.69, 9.17) is 5.73 Å². The normalized spacial score (nSPS) is 10.7. The SMILES string of the molecule is NCc1ccccc1CC(=O)c1ccc2ccccc2c1. The second-order valence-electron chi connectivity index (χ2n) is 5.13. The molecular formula is C19H17NO. The van der Waals surface area contributed by atoms with Crippen molar-refractivity contribution in [2.75, 3.05) is 0 Å². The van der Waals surface area contributed by atoms with E-state index in [-0.39, 0.29) is 5.78 Å². The van der Waals surface area contributed by atoms with Crippen LogP contribution in [0.15, 0.2) is 66.7 Å². The molecule has 0 fully saturated rings. The smallest absolute Gasteiger partial charge is 0.167 e. The van der Waals surface area contributed by atoms with Crippen molar-refractivity contribution in [1.29, 1.82) is 0 Å². The van der Waals surface area contributed by atoms with Crippen molar-refractivity contribution in [2.45, 2.75) is 13.0 Å². The molecule has 0 radical (unpaired) electrons. The molecule has 0 aliphatic carbocycles. The maximum absolute atomic E-state index is 12.5. The Morgan fingerprint density at radius 1 is 0.810 bits per heavy atom.